The number of fused-ring (bicyclic) bond motifs is 2. The Kier molecular flexibility index (Phi) is 4.49. The molecule has 0 radical (unpaired) electrons. The Balaban J connectivity index is 1.67. The van der Waals surface area contributed by atoms with Crippen LogP contribution in [0.3, 0.4) is 0 Å². The van der Waals surface area contributed by atoms with Gasteiger partial charge >= 0.3 is 18.4 Å². The van der Waals surface area contributed by atoms with E-state index in [0.29, 0.717) is 18.7 Å². The van der Waals surface area contributed by atoms with Crippen molar-refractivity contribution in [1.29, 1.82) is 0 Å². The second-order valence-corrected chi connectivity index (χ2v) is 7.04. The van der Waals surface area contributed by atoms with Crippen LogP contribution in [0.4, 0.5) is 9.18 Å². The van der Waals surface area contributed by atoms with E-state index in [0.717, 1.165) is 5.06 Å². The number of nitrogens with zero attached hydrogens (tertiary/aromatic N) is 4. The van der Waals surface area contributed by atoms with Gasteiger partial charge in [-0.3, -0.25) is 4.21 Å². The molecule has 0 saturated carbocycles. The topological polar surface area (TPSA) is 126 Å². The number of amides is 2. The Morgan fingerprint density at radius 3 is 2.92 bits per heavy atom. The third-order valence-corrected chi connectivity index (χ3v) is 5.43. The predicted molar refractivity (Wildman–Crippen MR) is 75.2 cm³/mol. The van der Waals surface area contributed by atoms with Gasteiger partial charge in [-0.25, -0.2) is 18.8 Å². The number of rotatable bonds is 6. The molecule has 2 aliphatic heterocycles. The number of carbonyl (C=O) groups is 2. The fourth-order valence-corrected chi connectivity index (χ4v) is 4.18. The molecule has 1 aromatic heterocycles. The average Bonchev–Trinajstić information content (AvgIpc) is 3.04. The predicted octanol–water partition coefficient (Wildman–Crippen LogP) is 0.165. The van der Waals surface area contributed by atoms with E-state index in [9.17, 15) is 18.2 Å². The minimum Gasteiger partial charge on any atom is -0.477 e. The molecule has 2 fully saturated rings. The SMILES string of the molecule is Cc1nnc(C[S@@](=O)[C@@H]2CC[C@@H]3CN2C(=O)N3O[C@H](F)C(=O)O)o1. The first-order valence-electron chi connectivity index (χ1n) is 7.16. The van der Waals surface area contributed by atoms with Crippen LogP contribution in [0.15, 0.2) is 4.42 Å². The molecule has 4 atom stereocenters. The molecule has 3 rings (SSSR count). The monoisotopic (exact) mass is 362 g/mol. The lowest BCUT2D eigenvalue weighted by Crippen LogP contribution is -2.43. The van der Waals surface area contributed by atoms with Crippen molar-refractivity contribution in [3.63, 3.8) is 0 Å². The maximum Gasteiger partial charge on any atom is 0.368 e. The molecule has 132 valence electrons. The lowest BCUT2D eigenvalue weighted by atomic mass is 10.1. The molecule has 2 aliphatic rings. The summed E-state index contributed by atoms with van der Waals surface area (Å²) in [7, 11) is -1.49. The molecule has 24 heavy (non-hydrogen) atoms. The number of hydrogen-bond acceptors (Lipinski definition) is 7. The fourth-order valence-electron chi connectivity index (χ4n) is 2.77. The Hall–Kier alpha value is -2.08. The van der Waals surface area contributed by atoms with Crippen molar-refractivity contribution >= 4 is 22.8 Å². The highest BCUT2D eigenvalue weighted by atomic mass is 32.2. The van der Waals surface area contributed by atoms with Crippen LogP contribution in [0.5, 0.6) is 0 Å². The van der Waals surface area contributed by atoms with Gasteiger partial charge in [0.05, 0.1) is 16.8 Å². The Labute approximate surface area is 138 Å². The number of carbonyl (C=O) groups excluding carboxylic acids is 1. The van der Waals surface area contributed by atoms with Gasteiger partial charge in [0.15, 0.2) is 0 Å². The molecule has 10 nitrogen and oxygen atoms in total. The number of aromatic nitrogens is 2. The van der Waals surface area contributed by atoms with Crippen molar-refractivity contribution in [2.75, 3.05) is 6.54 Å². The molecule has 0 spiro atoms. The van der Waals surface area contributed by atoms with Gasteiger partial charge in [0.25, 0.3) is 0 Å². The van der Waals surface area contributed by atoms with Crippen LogP contribution < -0.4 is 0 Å². The van der Waals surface area contributed by atoms with Crippen molar-refractivity contribution in [2.24, 2.45) is 0 Å². The van der Waals surface area contributed by atoms with Crippen LogP contribution in [-0.4, -0.2) is 65.8 Å². The van der Waals surface area contributed by atoms with E-state index in [2.05, 4.69) is 15.0 Å². The molecule has 1 N–H and O–H groups in total. The van der Waals surface area contributed by atoms with Crippen LogP contribution in [-0.2, 0) is 26.2 Å². The Morgan fingerprint density at radius 2 is 2.29 bits per heavy atom. The van der Waals surface area contributed by atoms with Crippen molar-refractivity contribution in [2.45, 2.75) is 43.3 Å². The molecule has 0 unspecified atom stereocenters. The van der Waals surface area contributed by atoms with Crippen LogP contribution in [0.25, 0.3) is 0 Å². The van der Waals surface area contributed by atoms with Crippen molar-refractivity contribution < 1.29 is 32.5 Å². The van der Waals surface area contributed by atoms with Gasteiger partial charge < -0.3 is 14.4 Å². The van der Waals surface area contributed by atoms with E-state index < -0.39 is 40.6 Å². The number of hydrogen-bond donors (Lipinski definition) is 1. The zero-order valence-corrected chi connectivity index (χ0v) is 13.4. The van der Waals surface area contributed by atoms with Gasteiger partial charge in [-0.15, -0.1) is 10.2 Å². The number of piperidine rings is 1. The third-order valence-electron chi connectivity index (χ3n) is 3.81. The van der Waals surface area contributed by atoms with Gasteiger partial charge in [-0.2, -0.15) is 5.06 Å². The number of alkyl halides is 1. The molecule has 12 heteroatoms. The van der Waals surface area contributed by atoms with Crippen molar-refractivity contribution in [3.05, 3.63) is 11.8 Å². The summed E-state index contributed by atoms with van der Waals surface area (Å²) in [6.07, 6.45) is -1.78. The zero-order chi connectivity index (χ0) is 17.4. The smallest absolute Gasteiger partial charge is 0.368 e. The van der Waals surface area contributed by atoms with E-state index in [4.69, 9.17) is 9.52 Å². The molecule has 3 heterocycles. The Bertz CT molecular complexity index is 684. The van der Waals surface area contributed by atoms with Gasteiger partial charge in [-0.05, 0) is 12.8 Å². The molecule has 2 amide bonds. The summed E-state index contributed by atoms with van der Waals surface area (Å²) in [4.78, 5) is 28.7. The molecule has 2 saturated heterocycles. The first kappa shape index (κ1) is 16.8. The fraction of sp³-hybridized carbons (Fsp3) is 0.667. The van der Waals surface area contributed by atoms with E-state index in [1.165, 1.54) is 4.90 Å². The van der Waals surface area contributed by atoms with E-state index in [1.54, 1.807) is 6.92 Å². The van der Waals surface area contributed by atoms with Crippen LogP contribution in [0.2, 0.25) is 0 Å². The largest absolute Gasteiger partial charge is 0.477 e. The molecule has 1 aromatic rings. The van der Waals surface area contributed by atoms with Gasteiger partial charge in [0.1, 0.15) is 11.1 Å². The number of aryl methyl sites for hydroxylation is 1. The van der Waals surface area contributed by atoms with Gasteiger partial charge in [0, 0.05) is 13.5 Å². The summed E-state index contributed by atoms with van der Waals surface area (Å²) in [6.45, 7) is 1.81. The number of carboxylic acid groups (broad SMARTS) is 1. The maximum atomic E-state index is 13.2. The van der Waals surface area contributed by atoms with Gasteiger partial charge in [0.2, 0.25) is 11.8 Å². The summed E-state index contributed by atoms with van der Waals surface area (Å²) < 4.78 is 30.9. The first-order valence-corrected chi connectivity index (χ1v) is 8.54. The summed E-state index contributed by atoms with van der Waals surface area (Å²) in [5.74, 6) is -1.25. The highest BCUT2D eigenvalue weighted by Crippen LogP contribution is 2.32. The first-order chi connectivity index (χ1) is 11.4. The third kappa shape index (κ3) is 3.11. The summed E-state index contributed by atoms with van der Waals surface area (Å²) >= 11 is 0. The van der Waals surface area contributed by atoms with E-state index in [1.807, 2.05) is 0 Å². The number of urea groups is 1. The molecule has 0 aliphatic carbocycles. The quantitative estimate of drug-likeness (QED) is 0.759. The summed E-state index contributed by atoms with van der Waals surface area (Å²) in [5.41, 5.74) is 0. The lowest BCUT2D eigenvalue weighted by molar-refractivity contribution is -0.223. The van der Waals surface area contributed by atoms with Crippen molar-refractivity contribution in [1.82, 2.24) is 20.2 Å². The second kappa shape index (κ2) is 6.43. The number of halogens is 1. The highest BCUT2D eigenvalue weighted by molar-refractivity contribution is 7.84. The highest BCUT2D eigenvalue weighted by Gasteiger charge is 2.48. The minimum atomic E-state index is -2.63. The van der Waals surface area contributed by atoms with E-state index in [-0.39, 0.29) is 18.2 Å². The molecular formula is C12H15FN4O6S. The van der Waals surface area contributed by atoms with Crippen LogP contribution in [0.1, 0.15) is 24.6 Å². The van der Waals surface area contributed by atoms with Crippen LogP contribution >= 0.6 is 0 Å². The zero-order valence-electron chi connectivity index (χ0n) is 12.6. The average molecular weight is 362 g/mol. The normalized spacial score (nSPS) is 25.8. The number of carboxylic acids is 1. The van der Waals surface area contributed by atoms with E-state index >= 15 is 0 Å². The van der Waals surface area contributed by atoms with Crippen molar-refractivity contribution in [3.8, 4) is 0 Å². The summed E-state index contributed by atoms with van der Waals surface area (Å²) in [5, 5.41) is 16.1. The van der Waals surface area contributed by atoms with Crippen LogP contribution in [0, 0.1) is 6.92 Å². The number of aliphatic carboxylic acids is 1. The number of hydroxylamine groups is 2. The minimum absolute atomic E-state index is 0.00166. The maximum absolute atomic E-state index is 13.2. The van der Waals surface area contributed by atoms with Gasteiger partial charge in [-0.1, -0.05) is 0 Å². The Morgan fingerprint density at radius 1 is 1.54 bits per heavy atom. The molecular weight excluding hydrogens is 347 g/mol. The lowest BCUT2D eigenvalue weighted by Gasteiger charge is -2.29. The molecule has 0 aromatic carbocycles. The summed E-state index contributed by atoms with van der Waals surface area (Å²) in [6, 6.07) is -1.16. The standard InChI is InChI=1S/C12H15FN4O6S/c1-6-14-15-8(22-6)5-24(21)9-3-2-7-4-16(9)12(20)17(7)23-10(13)11(18)19/h7,9-10H,2-5H2,1H3,(H,18,19)/t7-,9-,10+,24-/m1/s1. The molecule has 2 bridgehead atoms. The second-order valence-electron chi connectivity index (χ2n) is 5.45.